The molecule has 0 bridgehead atoms. The Morgan fingerprint density at radius 1 is 1.00 bits per heavy atom. The number of allylic oxidation sites excluding steroid dienone is 3. The molecule has 8 heteroatoms. The van der Waals surface area contributed by atoms with Gasteiger partial charge in [-0.2, -0.15) is 0 Å². The summed E-state index contributed by atoms with van der Waals surface area (Å²) < 4.78 is 11.6. The van der Waals surface area contributed by atoms with Gasteiger partial charge >= 0.3 is 5.97 Å². The molecule has 1 fully saturated rings. The molecule has 0 unspecified atom stereocenters. The third kappa shape index (κ3) is 5.84. The van der Waals surface area contributed by atoms with Crippen molar-refractivity contribution >= 4 is 46.4 Å². The highest BCUT2D eigenvalue weighted by atomic mass is 35.5. The van der Waals surface area contributed by atoms with Crippen LogP contribution in [0.2, 0.25) is 0 Å². The molecule has 0 radical (unpaired) electrons. The summed E-state index contributed by atoms with van der Waals surface area (Å²) in [6.45, 7) is 6.33. The van der Waals surface area contributed by atoms with Gasteiger partial charge in [-0.15, -0.1) is 23.2 Å². The molecule has 1 saturated carbocycles. The Morgan fingerprint density at radius 3 is 2.24 bits per heavy atom. The first-order valence-electron chi connectivity index (χ1n) is 11.6. The molecule has 0 saturated heterocycles. The number of esters is 1. The van der Waals surface area contributed by atoms with E-state index in [1.807, 2.05) is 11.0 Å². The number of ketones is 2. The van der Waals surface area contributed by atoms with Gasteiger partial charge in [0.05, 0.1) is 17.9 Å². The van der Waals surface area contributed by atoms with Gasteiger partial charge in [0.15, 0.2) is 11.6 Å². The summed E-state index contributed by atoms with van der Waals surface area (Å²) in [6.07, 6.45) is 3.49. The van der Waals surface area contributed by atoms with E-state index in [0.717, 1.165) is 18.5 Å². The average Bonchev–Trinajstić information content (AvgIpc) is 2.80. The number of ether oxygens (including phenoxy) is 2. The van der Waals surface area contributed by atoms with Crippen LogP contribution in [0.5, 0.6) is 5.75 Å². The Hall–Kier alpha value is -2.31. The van der Waals surface area contributed by atoms with Gasteiger partial charge in [0.1, 0.15) is 12.4 Å². The van der Waals surface area contributed by atoms with Crippen LogP contribution in [0.3, 0.4) is 0 Å². The van der Waals surface area contributed by atoms with E-state index in [1.165, 1.54) is 6.42 Å². The number of alkyl halides is 2. The van der Waals surface area contributed by atoms with Crippen molar-refractivity contribution < 1.29 is 23.9 Å². The summed E-state index contributed by atoms with van der Waals surface area (Å²) >= 11 is 12.0. The molecule has 6 nitrogen and oxygen atoms in total. The predicted molar refractivity (Wildman–Crippen MR) is 134 cm³/mol. The number of carbonyl (C=O) groups is 3. The van der Waals surface area contributed by atoms with Crippen molar-refractivity contribution in [2.75, 3.05) is 43.0 Å². The van der Waals surface area contributed by atoms with E-state index in [4.69, 9.17) is 32.7 Å². The minimum Gasteiger partial charge on any atom is -0.491 e. The van der Waals surface area contributed by atoms with Crippen molar-refractivity contribution in [1.82, 2.24) is 0 Å². The Labute approximate surface area is 210 Å². The van der Waals surface area contributed by atoms with Gasteiger partial charge in [-0.3, -0.25) is 9.59 Å². The minimum atomic E-state index is -0.592. The largest absolute Gasteiger partial charge is 0.491 e. The van der Waals surface area contributed by atoms with Crippen molar-refractivity contribution in [3.63, 3.8) is 0 Å². The van der Waals surface area contributed by atoms with Crippen LogP contribution in [0.1, 0.15) is 50.4 Å². The maximum atomic E-state index is 12.9. The first-order valence-corrected chi connectivity index (χ1v) is 12.6. The second kappa shape index (κ2) is 11.9. The second-order valence-corrected chi connectivity index (χ2v) is 9.50. The highest BCUT2D eigenvalue weighted by molar-refractivity contribution is 6.24. The summed E-state index contributed by atoms with van der Waals surface area (Å²) in [5.74, 6) is 0.894. The zero-order valence-electron chi connectivity index (χ0n) is 19.9. The summed E-state index contributed by atoms with van der Waals surface area (Å²) in [5.41, 5.74) is 2.48. The van der Waals surface area contributed by atoms with Crippen LogP contribution < -0.4 is 9.64 Å². The summed E-state index contributed by atoms with van der Waals surface area (Å²) in [4.78, 5) is 39.9. The van der Waals surface area contributed by atoms with Crippen molar-refractivity contribution in [3.8, 4) is 5.75 Å². The van der Waals surface area contributed by atoms with E-state index in [9.17, 15) is 14.4 Å². The van der Waals surface area contributed by atoms with E-state index in [1.54, 1.807) is 32.9 Å². The summed E-state index contributed by atoms with van der Waals surface area (Å²) in [6, 6.07) is 5.13. The summed E-state index contributed by atoms with van der Waals surface area (Å²) in [5, 5.41) is 0. The lowest BCUT2D eigenvalue weighted by Gasteiger charge is -2.29. The maximum absolute atomic E-state index is 12.9. The van der Waals surface area contributed by atoms with Crippen LogP contribution in [0.15, 0.2) is 40.5 Å². The highest BCUT2D eigenvalue weighted by Crippen LogP contribution is 2.33. The molecule has 3 rings (SSSR count). The molecule has 2 aliphatic carbocycles. The number of hydrogen-bond acceptors (Lipinski definition) is 6. The van der Waals surface area contributed by atoms with Gasteiger partial charge in [0.25, 0.3) is 0 Å². The van der Waals surface area contributed by atoms with Gasteiger partial charge in [-0.1, -0.05) is 6.42 Å². The molecule has 184 valence electrons. The standard InChI is InChI=1S/C26H31Cl2NO5/c1-16-17(2)25(31)21(18(3)24(16)30)15-34-26(32)20-7-8-22(29(11-9-27)12-10-28)23(13-20)33-14-19-5-4-6-19/h7-8,13,19H,4-6,9-12,14-15H2,1-3H3. The van der Waals surface area contributed by atoms with Crippen molar-refractivity contribution in [3.05, 3.63) is 46.1 Å². The lowest BCUT2D eigenvalue weighted by molar-refractivity contribution is -0.116. The number of rotatable bonds is 11. The van der Waals surface area contributed by atoms with Crippen molar-refractivity contribution in [2.24, 2.45) is 5.92 Å². The van der Waals surface area contributed by atoms with Crippen LogP contribution in [0.4, 0.5) is 5.69 Å². The molecule has 0 heterocycles. The fourth-order valence-electron chi connectivity index (χ4n) is 3.99. The molecule has 34 heavy (non-hydrogen) atoms. The Kier molecular flexibility index (Phi) is 9.20. The third-order valence-electron chi connectivity index (χ3n) is 6.60. The van der Waals surface area contributed by atoms with Crippen LogP contribution in [-0.2, 0) is 14.3 Å². The lowest BCUT2D eigenvalue weighted by Crippen LogP contribution is -2.29. The first kappa shape index (κ1) is 26.3. The number of carbonyl (C=O) groups excluding carboxylic acids is 3. The molecule has 1 aromatic rings. The fraction of sp³-hybridized carbons (Fsp3) is 0.500. The molecular weight excluding hydrogens is 477 g/mol. The Morgan fingerprint density at radius 2 is 1.65 bits per heavy atom. The predicted octanol–water partition coefficient (Wildman–Crippen LogP) is 5.11. The highest BCUT2D eigenvalue weighted by Gasteiger charge is 2.29. The van der Waals surface area contributed by atoms with Gasteiger partial charge in [0, 0.05) is 47.1 Å². The van der Waals surface area contributed by atoms with Crippen molar-refractivity contribution in [1.29, 1.82) is 0 Å². The zero-order chi connectivity index (χ0) is 24.8. The topological polar surface area (TPSA) is 72.9 Å². The third-order valence-corrected chi connectivity index (χ3v) is 6.94. The molecule has 2 aliphatic rings. The van der Waals surface area contributed by atoms with Crippen LogP contribution >= 0.6 is 23.2 Å². The van der Waals surface area contributed by atoms with Crippen LogP contribution in [0, 0.1) is 5.92 Å². The molecule has 0 aromatic heterocycles. The molecule has 0 spiro atoms. The van der Waals surface area contributed by atoms with Gasteiger partial charge in [0.2, 0.25) is 0 Å². The number of Topliss-reactive ketones (excluding diaryl/α,β-unsaturated/α-hetero) is 2. The average molecular weight is 508 g/mol. The molecule has 1 aromatic carbocycles. The van der Waals surface area contributed by atoms with Gasteiger partial charge < -0.3 is 14.4 Å². The normalized spacial score (nSPS) is 16.6. The minimum absolute atomic E-state index is 0.196. The number of anilines is 1. The molecule has 0 atom stereocenters. The van der Waals surface area contributed by atoms with Gasteiger partial charge in [-0.05, 0) is 57.7 Å². The number of nitrogens with zero attached hydrogens (tertiary/aromatic N) is 1. The molecular formula is C26H31Cl2NO5. The number of benzene rings is 1. The number of hydrogen-bond donors (Lipinski definition) is 0. The summed E-state index contributed by atoms with van der Waals surface area (Å²) in [7, 11) is 0. The van der Waals surface area contributed by atoms with E-state index >= 15 is 0 Å². The maximum Gasteiger partial charge on any atom is 0.338 e. The lowest BCUT2D eigenvalue weighted by atomic mass is 9.86. The molecule has 0 aliphatic heterocycles. The number of halogens is 2. The van der Waals surface area contributed by atoms with E-state index in [-0.39, 0.29) is 23.7 Å². The van der Waals surface area contributed by atoms with Crippen molar-refractivity contribution in [2.45, 2.75) is 40.0 Å². The van der Waals surface area contributed by atoms with E-state index in [2.05, 4.69) is 0 Å². The fourth-order valence-corrected chi connectivity index (χ4v) is 4.40. The first-order chi connectivity index (χ1) is 16.3. The van der Waals surface area contributed by atoms with Crippen LogP contribution in [-0.4, -0.2) is 55.6 Å². The quantitative estimate of drug-likeness (QED) is 0.235. The van der Waals surface area contributed by atoms with E-state index < -0.39 is 5.97 Å². The zero-order valence-corrected chi connectivity index (χ0v) is 21.4. The molecule has 0 N–H and O–H groups in total. The SMILES string of the molecule is CC1=C(C)C(=O)C(COC(=O)c2ccc(N(CCCl)CCCl)c(OCC3CCC3)c2)=C(C)C1=O. The Bertz CT molecular complexity index is 1020. The molecule has 0 amide bonds. The van der Waals surface area contributed by atoms with Gasteiger partial charge in [-0.25, -0.2) is 4.79 Å². The van der Waals surface area contributed by atoms with Crippen LogP contribution in [0.25, 0.3) is 0 Å². The monoisotopic (exact) mass is 507 g/mol. The second-order valence-electron chi connectivity index (χ2n) is 8.74. The van der Waals surface area contributed by atoms with E-state index in [0.29, 0.717) is 65.4 Å². The smallest absolute Gasteiger partial charge is 0.338 e. The Balaban J connectivity index is 1.79.